The van der Waals surface area contributed by atoms with Crippen molar-refractivity contribution in [3.8, 4) is 0 Å². The van der Waals surface area contributed by atoms with Crippen LogP contribution in [0.2, 0.25) is 5.02 Å². The van der Waals surface area contributed by atoms with Crippen molar-refractivity contribution < 1.29 is 4.74 Å². The molecule has 0 unspecified atom stereocenters. The van der Waals surface area contributed by atoms with Crippen LogP contribution in [0.15, 0.2) is 36.4 Å². The van der Waals surface area contributed by atoms with Crippen LogP contribution in [0.4, 0.5) is 5.69 Å². The normalized spacial score (nSPS) is 11.7. The number of rotatable bonds is 2. The topological polar surface area (TPSA) is 26.1 Å². The van der Waals surface area contributed by atoms with E-state index in [0.29, 0.717) is 10.7 Å². The van der Waals surface area contributed by atoms with E-state index in [0.717, 1.165) is 27.0 Å². The van der Waals surface area contributed by atoms with E-state index in [9.17, 15) is 5.21 Å². The minimum Gasteiger partial charge on any atom is -0.618 e. The molecule has 98 valence electrons. The second-order valence-corrected chi connectivity index (χ2v) is 5.04. The summed E-state index contributed by atoms with van der Waals surface area (Å²) in [4.78, 5) is 0. The maximum Gasteiger partial charge on any atom is 0.219 e. The van der Waals surface area contributed by atoms with Crippen molar-refractivity contribution in [2.75, 3.05) is 0 Å². The second-order valence-electron chi connectivity index (χ2n) is 4.63. The lowest BCUT2D eigenvalue weighted by molar-refractivity contribution is -0.355. The first-order valence-corrected chi connectivity index (χ1v) is 6.51. The maximum absolute atomic E-state index is 12.3. The van der Waals surface area contributed by atoms with Crippen molar-refractivity contribution in [1.82, 2.24) is 0 Å². The number of benzene rings is 2. The summed E-state index contributed by atoms with van der Waals surface area (Å²) in [5, 5.41) is 12.9. The molecule has 0 aromatic heterocycles. The standard InChI is InChI=1S/C16H16ClNO/c1-11-6-4-9-16(12(11)2)18(19)10-14-7-5-8-15(17)13(14)3/h4-10H,1-3H3. The minimum absolute atomic E-state index is 0.666. The van der Waals surface area contributed by atoms with Crippen LogP contribution in [0.3, 0.4) is 0 Å². The van der Waals surface area contributed by atoms with Gasteiger partial charge >= 0.3 is 0 Å². The maximum atomic E-state index is 12.3. The Morgan fingerprint density at radius 3 is 2.42 bits per heavy atom. The van der Waals surface area contributed by atoms with Gasteiger partial charge in [-0.05, 0) is 44.0 Å². The summed E-state index contributed by atoms with van der Waals surface area (Å²) >= 11 is 6.06. The van der Waals surface area contributed by atoms with Crippen LogP contribution in [0.5, 0.6) is 0 Å². The van der Waals surface area contributed by atoms with Crippen molar-refractivity contribution in [3.63, 3.8) is 0 Å². The molecule has 2 rings (SSSR count). The molecule has 2 aromatic carbocycles. The van der Waals surface area contributed by atoms with E-state index in [1.807, 2.05) is 57.2 Å². The van der Waals surface area contributed by atoms with Crippen molar-refractivity contribution in [2.24, 2.45) is 0 Å². The average Bonchev–Trinajstić information content (AvgIpc) is 2.38. The SMILES string of the molecule is Cc1cccc([N+]([O-])=Cc2cccc(Cl)c2C)c1C. The Hall–Kier alpha value is -1.80. The number of hydrogen-bond donors (Lipinski definition) is 0. The van der Waals surface area contributed by atoms with Crippen molar-refractivity contribution in [3.05, 3.63) is 68.9 Å². The summed E-state index contributed by atoms with van der Waals surface area (Å²) in [5.41, 5.74) is 4.51. The van der Waals surface area contributed by atoms with Crippen LogP contribution in [0, 0.1) is 26.0 Å². The van der Waals surface area contributed by atoms with E-state index >= 15 is 0 Å². The van der Waals surface area contributed by atoms with E-state index in [-0.39, 0.29) is 0 Å². The van der Waals surface area contributed by atoms with E-state index in [1.165, 1.54) is 0 Å². The Balaban J connectivity index is 2.49. The molecule has 0 heterocycles. The van der Waals surface area contributed by atoms with Gasteiger partial charge in [-0.15, -0.1) is 0 Å². The molecule has 0 N–H and O–H groups in total. The molecule has 19 heavy (non-hydrogen) atoms. The highest BCUT2D eigenvalue weighted by molar-refractivity contribution is 6.31. The minimum atomic E-state index is 0.666. The predicted octanol–water partition coefficient (Wildman–Crippen LogP) is 4.53. The number of aryl methyl sites for hydroxylation is 1. The molecule has 2 nitrogen and oxygen atoms in total. The van der Waals surface area contributed by atoms with Gasteiger partial charge in [0.1, 0.15) is 0 Å². The van der Waals surface area contributed by atoms with Crippen LogP contribution in [0.25, 0.3) is 0 Å². The van der Waals surface area contributed by atoms with Gasteiger partial charge < -0.3 is 5.21 Å². The lowest BCUT2D eigenvalue weighted by Gasteiger charge is -2.09. The molecule has 0 atom stereocenters. The fourth-order valence-electron chi connectivity index (χ4n) is 1.93. The Morgan fingerprint density at radius 1 is 1.00 bits per heavy atom. The largest absolute Gasteiger partial charge is 0.618 e. The van der Waals surface area contributed by atoms with Gasteiger partial charge in [-0.2, -0.15) is 4.74 Å². The van der Waals surface area contributed by atoms with Crippen molar-refractivity contribution >= 4 is 23.5 Å². The molecule has 0 amide bonds. The third-order valence-corrected chi connectivity index (χ3v) is 3.79. The molecule has 0 aliphatic carbocycles. The van der Waals surface area contributed by atoms with E-state index < -0.39 is 0 Å². The van der Waals surface area contributed by atoms with Gasteiger partial charge in [0.25, 0.3) is 0 Å². The van der Waals surface area contributed by atoms with Gasteiger partial charge in [-0.1, -0.05) is 29.8 Å². The first-order valence-electron chi connectivity index (χ1n) is 6.13. The summed E-state index contributed by atoms with van der Waals surface area (Å²) < 4.78 is 0.904. The quantitative estimate of drug-likeness (QED) is 0.342. The van der Waals surface area contributed by atoms with E-state index in [4.69, 9.17) is 11.6 Å². The number of halogens is 1. The van der Waals surface area contributed by atoms with Gasteiger partial charge in [0, 0.05) is 22.2 Å². The Kier molecular flexibility index (Phi) is 3.91. The average molecular weight is 274 g/mol. The van der Waals surface area contributed by atoms with Gasteiger partial charge in [0.15, 0.2) is 6.21 Å². The first kappa shape index (κ1) is 13.6. The smallest absolute Gasteiger partial charge is 0.219 e. The highest BCUT2D eigenvalue weighted by Gasteiger charge is 2.09. The molecule has 0 bridgehead atoms. The molecule has 0 radical (unpaired) electrons. The molecule has 3 heteroatoms. The molecule has 0 aliphatic rings. The lowest BCUT2D eigenvalue weighted by atomic mass is 10.1. The number of hydrogen-bond acceptors (Lipinski definition) is 1. The molecule has 0 aliphatic heterocycles. The first-order chi connectivity index (χ1) is 9.00. The summed E-state index contributed by atoms with van der Waals surface area (Å²) in [7, 11) is 0. The van der Waals surface area contributed by atoms with Crippen LogP contribution in [-0.2, 0) is 0 Å². The Bertz CT molecular complexity index is 647. The second kappa shape index (κ2) is 5.45. The zero-order chi connectivity index (χ0) is 14.0. The van der Waals surface area contributed by atoms with E-state index in [1.54, 1.807) is 6.21 Å². The highest BCUT2D eigenvalue weighted by Crippen LogP contribution is 2.22. The molecule has 0 saturated heterocycles. The highest BCUT2D eigenvalue weighted by atomic mass is 35.5. The molecule has 0 saturated carbocycles. The molecule has 0 spiro atoms. The van der Waals surface area contributed by atoms with Gasteiger partial charge in [0.05, 0.1) is 0 Å². The van der Waals surface area contributed by atoms with Crippen LogP contribution in [0.1, 0.15) is 22.3 Å². The fourth-order valence-corrected chi connectivity index (χ4v) is 2.12. The van der Waals surface area contributed by atoms with Crippen LogP contribution < -0.4 is 0 Å². The van der Waals surface area contributed by atoms with Crippen molar-refractivity contribution in [2.45, 2.75) is 20.8 Å². The number of nitrogens with zero attached hydrogens (tertiary/aromatic N) is 1. The Morgan fingerprint density at radius 2 is 1.68 bits per heavy atom. The lowest BCUT2D eigenvalue weighted by Crippen LogP contribution is -2.02. The summed E-state index contributed by atoms with van der Waals surface area (Å²) in [5.74, 6) is 0. The zero-order valence-corrected chi connectivity index (χ0v) is 12.0. The van der Waals surface area contributed by atoms with Crippen LogP contribution in [-0.4, -0.2) is 11.0 Å². The van der Waals surface area contributed by atoms with Gasteiger partial charge in [-0.25, -0.2) is 0 Å². The monoisotopic (exact) mass is 273 g/mol. The fraction of sp³-hybridized carbons (Fsp3) is 0.188. The van der Waals surface area contributed by atoms with Crippen LogP contribution >= 0.6 is 11.6 Å². The van der Waals surface area contributed by atoms with Gasteiger partial charge in [0.2, 0.25) is 5.69 Å². The predicted molar refractivity (Wildman–Crippen MR) is 80.6 cm³/mol. The summed E-state index contributed by atoms with van der Waals surface area (Å²) in [6, 6.07) is 11.3. The third-order valence-electron chi connectivity index (χ3n) is 3.38. The Labute approximate surface area is 118 Å². The van der Waals surface area contributed by atoms with Crippen molar-refractivity contribution in [1.29, 1.82) is 0 Å². The molecular formula is C16H16ClNO. The molecule has 2 aromatic rings. The summed E-state index contributed by atoms with van der Waals surface area (Å²) in [6.07, 6.45) is 1.57. The third kappa shape index (κ3) is 2.79. The zero-order valence-electron chi connectivity index (χ0n) is 11.3. The van der Waals surface area contributed by atoms with E-state index in [2.05, 4.69) is 0 Å². The molecular weight excluding hydrogens is 258 g/mol. The van der Waals surface area contributed by atoms with Gasteiger partial charge in [-0.3, -0.25) is 0 Å². The summed E-state index contributed by atoms with van der Waals surface area (Å²) in [6.45, 7) is 5.86. The molecule has 0 fully saturated rings.